The fourth-order valence-electron chi connectivity index (χ4n) is 4.36. The van der Waals surface area contributed by atoms with Crippen molar-refractivity contribution in [3.63, 3.8) is 0 Å². The van der Waals surface area contributed by atoms with E-state index >= 15 is 0 Å². The molecule has 4 rings (SSSR count). The van der Waals surface area contributed by atoms with Gasteiger partial charge in [0, 0.05) is 51.5 Å². The van der Waals surface area contributed by atoms with Crippen LogP contribution in [0, 0.1) is 5.82 Å². The van der Waals surface area contributed by atoms with E-state index in [9.17, 15) is 4.39 Å². The molecule has 0 N–H and O–H groups in total. The number of halogens is 1. The van der Waals surface area contributed by atoms with Gasteiger partial charge in [0.15, 0.2) is 0 Å². The Hall–Kier alpha value is -3.44. The summed E-state index contributed by atoms with van der Waals surface area (Å²) in [7, 11) is 4.12. The fraction of sp³-hybridized carbons (Fsp3) is 0.300. The van der Waals surface area contributed by atoms with Gasteiger partial charge in [0.2, 0.25) is 0 Å². The van der Waals surface area contributed by atoms with Gasteiger partial charge in [0.05, 0.1) is 11.9 Å². The van der Waals surface area contributed by atoms with Gasteiger partial charge in [-0.25, -0.2) is 9.37 Å². The number of hydrogen-bond donors (Lipinski definition) is 0. The van der Waals surface area contributed by atoms with Crippen molar-refractivity contribution in [3.05, 3.63) is 108 Å². The van der Waals surface area contributed by atoms with Gasteiger partial charge < -0.3 is 9.47 Å². The molecule has 0 fully saturated rings. The van der Waals surface area contributed by atoms with Crippen LogP contribution in [0.15, 0.2) is 85.1 Å². The van der Waals surface area contributed by atoms with Gasteiger partial charge in [0.1, 0.15) is 11.6 Å². The highest BCUT2D eigenvalue weighted by Crippen LogP contribution is 2.24. The van der Waals surface area contributed by atoms with E-state index in [4.69, 9.17) is 4.98 Å². The summed E-state index contributed by atoms with van der Waals surface area (Å²) in [4.78, 5) is 9.31. The Labute approximate surface area is 208 Å². The summed E-state index contributed by atoms with van der Waals surface area (Å²) >= 11 is 0. The zero-order chi connectivity index (χ0) is 24.6. The summed E-state index contributed by atoms with van der Waals surface area (Å²) in [5.41, 5.74) is 5.72. The SMILES string of the molecule is CCCCn1c(CN(Cc2ccccc2)Cc2ccc(N(C)C)cc2)cnc1-c1cccc(F)c1. The molecule has 4 aromatic rings. The van der Waals surface area contributed by atoms with Crippen LogP contribution in [-0.2, 0) is 26.2 Å². The zero-order valence-corrected chi connectivity index (χ0v) is 21.0. The lowest BCUT2D eigenvalue weighted by molar-refractivity contribution is 0.241. The van der Waals surface area contributed by atoms with E-state index in [-0.39, 0.29) is 5.82 Å². The standard InChI is InChI=1S/C30H35FN4/c1-4-5-18-35-29(20-32-30(35)26-12-9-13-27(31)19-26)23-34(21-24-10-7-6-8-11-24)22-25-14-16-28(17-15-25)33(2)3/h6-17,19-20H,4-5,18,21-23H2,1-3H3. The minimum atomic E-state index is -0.235. The lowest BCUT2D eigenvalue weighted by Gasteiger charge is -2.24. The zero-order valence-electron chi connectivity index (χ0n) is 21.0. The van der Waals surface area contributed by atoms with Crippen molar-refractivity contribution in [2.45, 2.75) is 45.9 Å². The molecule has 0 aliphatic carbocycles. The molecule has 0 saturated carbocycles. The molecule has 1 aromatic heterocycles. The number of unbranched alkanes of at least 4 members (excludes halogenated alkanes) is 1. The topological polar surface area (TPSA) is 24.3 Å². The van der Waals surface area contributed by atoms with Crippen LogP contribution in [0.5, 0.6) is 0 Å². The predicted octanol–water partition coefficient (Wildman–Crippen LogP) is 6.76. The molecule has 0 atom stereocenters. The molecule has 0 aliphatic rings. The minimum absolute atomic E-state index is 0.235. The molecule has 0 amide bonds. The van der Waals surface area contributed by atoms with E-state index < -0.39 is 0 Å². The second-order valence-electron chi connectivity index (χ2n) is 9.28. The van der Waals surface area contributed by atoms with Crippen LogP contribution in [0.4, 0.5) is 10.1 Å². The Bertz CT molecular complexity index is 1200. The molecule has 0 radical (unpaired) electrons. The Morgan fingerprint density at radius 2 is 1.54 bits per heavy atom. The van der Waals surface area contributed by atoms with E-state index in [0.717, 1.165) is 56.1 Å². The van der Waals surface area contributed by atoms with Gasteiger partial charge in [-0.15, -0.1) is 0 Å². The van der Waals surface area contributed by atoms with E-state index in [1.807, 2.05) is 12.3 Å². The first-order valence-corrected chi connectivity index (χ1v) is 12.4. The van der Waals surface area contributed by atoms with Crippen LogP contribution in [-0.4, -0.2) is 28.5 Å². The molecule has 5 heteroatoms. The maximum Gasteiger partial charge on any atom is 0.140 e. The third kappa shape index (κ3) is 6.58. The lowest BCUT2D eigenvalue weighted by atomic mass is 10.1. The summed E-state index contributed by atoms with van der Waals surface area (Å²) in [6.07, 6.45) is 4.10. The molecule has 0 saturated heterocycles. The molecule has 0 bridgehead atoms. The van der Waals surface area contributed by atoms with Crippen molar-refractivity contribution < 1.29 is 4.39 Å². The van der Waals surface area contributed by atoms with Crippen LogP contribution in [0.2, 0.25) is 0 Å². The van der Waals surface area contributed by atoms with Gasteiger partial charge in [-0.2, -0.15) is 0 Å². The van der Waals surface area contributed by atoms with E-state index in [1.54, 1.807) is 12.1 Å². The van der Waals surface area contributed by atoms with E-state index in [2.05, 4.69) is 90.0 Å². The van der Waals surface area contributed by atoms with Crippen molar-refractivity contribution in [1.29, 1.82) is 0 Å². The monoisotopic (exact) mass is 470 g/mol. The molecule has 35 heavy (non-hydrogen) atoms. The van der Waals surface area contributed by atoms with E-state index in [1.165, 1.54) is 22.9 Å². The second kappa shape index (κ2) is 11.8. The average Bonchev–Trinajstić information content (AvgIpc) is 3.25. The number of imidazole rings is 1. The number of hydrogen-bond acceptors (Lipinski definition) is 3. The first-order valence-electron chi connectivity index (χ1n) is 12.4. The number of rotatable bonds is 11. The predicted molar refractivity (Wildman–Crippen MR) is 143 cm³/mol. The summed E-state index contributed by atoms with van der Waals surface area (Å²) in [5.74, 6) is 0.601. The summed E-state index contributed by atoms with van der Waals surface area (Å²) in [6, 6.07) is 26.1. The van der Waals surface area contributed by atoms with Gasteiger partial charge >= 0.3 is 0 Å². The van der Waals surface area contributed by atoms with Gasteiger partial charge in [-0.05, 0) is 41.8 Å². The van der Waals surface area contributed by atoms with Gasteiger partial charge in [-0.1, -0.05) is 67.9 Å². The summed E-state index contributed by atoms with van der Waals surface area (Å²) in [5, 5.41) is 0. The van der Waals surface area contributed by atoms with Crippen molar-refractivity contribution in [1.82, 2.24) is 14.5 Å². The van der Waals surface area contributed by atoms with Crippen LogP contribution < -0.4 is 4.90 Å². The smallest absolute Gasteiger partial charge is 0.140 e. The number of anilines is 1. The fourth-order valence-corrected chi connectivity index (χ4v) is 4.36. The van der Waals surface area contributed by atoms with Crippen LogP contribution in [0.25, 0.3) is 11.4 Å². The third-order valence-electron chi connectivity index (χ3n) is 6.25. The van der Waals surface area contributed by atoms with Crippen molar-refractivity contribution in [3.8, 4) is 11.4 Å². The molecule has 182 valence electrons. The molecular weight excluding hydrogens is 435 g/mol. The van der Waals surface area contributed by atoms with Crippen molar-refractivity contribution in [2.75, 3.05) is 19.0 Å². The average molecular weight is 471 g/mol. The first-order chi connectivity index (χ1) is 17.0. The Kier molecular flexibility index (Phi) is 8.32. The third-order valence-corrected chi connectivity index (χ3v) is 6.25. The number of nitrogens with zero attached hydrogens (tertiary/aromatic N) is 4. The molecule has 0 aliphatic heterocycles. The second-order valence-corrected chi connectivity index (χ2v) is 9.28. The van der Waals surface area contributed by atoms with Crippen LogP contribution in [0.1, 0.15) is 36.6 Å². The summed E-state index contributed by atoms with van der Waals surface area (Å²) < 4.78 is 16.2. The quantitative estimate of drug-likeness (QED) is 0.242. The first kappa shape index (κ1) is 24.7. The Balaban J connectivity index is 1.63. The van der Waals surface area contributed by atoms with Gasteiger partial charge in [-0.3, -0.25) is 4.90 Å². The molecule has 3 aromatic carbocycles. The highest BCUT2D eigenvalue weighted by atomic mass is 19.1. The number of aromatic nitrogens is 2. The normalized spacial score (nSPS) is 11.2. The minimum Gasteiger partial charge on any atom is -0.378 e. The van der Waals surface area contributed by atoms with E-state index in [0.29, 0.717) is 0 Å². The maximum atomic E-state index is 14.0. The molecule has 4 nitrogen and oxygen atoms in total. The Morgan fingerprint density at radius 1 is 0.829 bits per heavy atom. The molecule has 1 heterocycles. The van der Waals surface area contributed by atoms with Crippen LogP contribution >= 0.6 is 0 Å². The number of benzene rings is 3. The van der Waals surface area contributed by atoms with Crippen molar-refractivity contribution >= 4 is 5.69 Å². The molecule has 0 unspecified atom stereocenters. The summed E-state index contributed by atoms with van der Waals surface area (Å²) in [6.45, 7) is 5.49. The largest absolute Gasteiger partial charge is 0.378 e. The highest BCUT2D eigenvalue weighted by molar-refractivity contribution is 5.56. The van der Waals surface area contributed by atoms with Crippen LogP contribution in [0.3, 0.4) is 0 Å². The molecule has 0 spiro atoms. The lowest BCUT2D eigenvalue weighted by Crippen LogP contribution is -2.24. The molecular formula is C30H35FN4. The highest BCUT2D eigenvalue weighted by Gasteiger charge is 2.16. The van der Waals surface area contributed by atoms with Crippen molar-refractivity contribution in [2.24, 2.45) is 0 Å². The maximum absolute atomic E-state index is 14.0. The Morgan fingerprint density at radius 3 is 2.20 bits per heavy atom. The van der Waals surface area contributed by atoms with Gasteiger partial charge in [0.25, 0.3) is 0 Å².